The number of nitrogens with two attached hydrogens (primary N) is 1. The molecule has 1 aliphatic heterocycles. The largest absolute Gasteiger partial charge is 0.494 e. The van der Waals surface area contributed by atoms with Crippen LogP contribution in [0.5, 0.6) is 5.75 Å². The molecule has 0 radical (unpaired) electrons. The number of nitrogens with zero attached hydrogens (tertiary/aromatic N) is 2. The van der Waals surface area contributed by atoms with E-state index in [0.717, 1.165) is 0 Å². The number of halogens is 2. The first kappa shape index (κ1) is 29.1. The Morgan fingerprint density at radius 2 is 1.92 bits per heavy atom. The summed E-state index contributed by atoms with van der Waals surface area (Å²) < 4.78 is 50.7. The Hall–Kier alpha value is -3.48. The van der Waals surface area contributed by atoms with Crippen molar-refractivity contribution in [3.8, 4) is 5.75 Å². The number of hydrogen-bond donors (Lipinski definition) is 2. The van der Waals surface area contributed by atoms with Gasteiger partial charge in [-0.2, -0.15) is 0 Å². The Bertz CT molecular complexity index is 1480. The van der Waals surface area contributed by atoms with Gasteiger partial charge < -0.3 is 25.4 Å². The highest BCUT2D eigenvalue weighted by atomic mass is 35.5. The molecule has 0 saturated carbocycles. The molecule has 0 spiro atoms. The van der Waals surface area contributed by atoms with Crippen LogP contribution in [-0.2, 0) is 19.4 Å². The third kappa shape index (κ3) is 6.14. The summed E-state index contributed by atoms with van der Waals surface area (Å²) in [5, 5.41) is 3.37. The van der Waals surface area contributed by atoms with E-state index in [1.54, 1.807) is 11.8 Å². The average Bonchev–Trinajstić information content (AvgIpc) is 2.88. The number of aryl methyl sites for hydroxylation is 1. The third-order valence-corrected chi connectivity index (χ3v) is 7.82. The molecule has 10 nitrogen and oxygen atoms in total. The molecule has 4 rings (SSSR count). The van der Waals surface area contributed by atoms with Crippen LogP contribution in [0, 0.1) is 12.7 Å². The summed E-state index contributed by atoms with van der Waals surface area (Å²) in [4.78, 5) is 30.6. The van der Waals surface area contributed by atoms with E-state index in [0.29, 0.717) is 48.5 Å². The van der Waals surface area contributed by atoms with Crippen molar-refractivity contribution in [3.63, 3.8) is 0 Å². The van der Waals surface area contributed by atoms with E-state index in [9.17, 15) is 22.4 Å². The highest BCUT2D eigenvalue weighted by Gasteiger charge is 2.24. The monoisotopic (exact) mass is 566 g/mol. The molecule has 0 aliphatic carbocycles. The fourth-order valence-corrected chi connectivity index (χ4v) is 5.47. The molecule has 3 N–H and O–H groups in total. The van der Waals surface area contributed by atoms with Gasteiger partial charge >= 0.3 is 0 Å². The molecule has 2 heterocycles. The zero-order chi connectivity index (χ0) is 26.7. The number of nitrogens with one attached hydrogen (secondary N) is 1. The summed E-state index contributed by atoms with van der Waals surface area (Å²) >= 11 is 0. The minimum Gasteiger partial charge on any atom is -0.494 e. The van der Waals surface area contributed by atoms with E-state index in [4.69, 9.17) is 15.2 Å². The van der Waals surface area contributed by atoms with Crippen LogP contribution < -0.4 is 15.8 Å². The highest BCUT2D eigenvalue weighted by molar-refractivity contribution is 7.91. The molecule has 1 fully saturated rings. The summed E-state index contributed by atoms with van der Waals surface area (Å²) in [6.07, 6.45) is 1.13. The van der Waals surface area contributed by atoms with Gasteiger partial charge in [0.15, 0.2) is 21.4 Å². The van der Waals surface area contributed by atoms with E-state index < -0.39 is 21.6 Å². The number of primary amides is 1. The van der Waals surface area contributed by atoms with Crippen LogP contribution in [0.25, 0.3) is 10.9 Å². The molecule has 204 valence electrons. The Morgan fingerprint density at radius 3 is 2.58 bits per heavy atom. The van der Waals surface area contributed by atoms with Gasteiger partial charge in [0.25, 0.3) is 5.91 Å². The molecular weight excluding hydrogens is 539 g/mol. The fourth-order valence-electron chi connectivity index (χ4n) is 4.14. The number of carbonyl (C=O) groups is 2. The lowest BCUT2D eigenvalue weighted by atomic mass is 10.1. The van der Waals surface area contributed by atoms with E-state index in [1.165, 1.54) is 43.6 Å². The zero-order valence-corrected chi connectivity index (χ0v) is 22.5. The van der Waals surface area contributed by atoms with Gasteiger partial charge in [-0.1, -0.05) is 0 Å². The Kier molecular flexibility index (Phi) is 9.13. The molecule has 0 atom stereocenters. The lowest BCUT2D eigenvalue weighted by Gasteiger charge is -2.26. The molecule has 0 bridgehead atoms. The van der Waals surface area contributed by atoms with Gasteiger partial charge in [-0.05, 0) is 36.8 Å². The predicted octanol–water partition coefficient (Wildman–Crippen LogP) is 2.98. The van der Waals surface area contributed by atoms with Crippen molar-refractivity contribution in [1.29, 1.82) is 0 Å². The Labute approximate surface area is 225 Å². The van der Waals surface area contributed by atoms with Gasteiger partial charge in [0.1, 0.15) is 0 Å². The topological polar surface area (TPSA) is 141 Å². The smallest absolute Gasteiger partial charge is 0.252 e. The lowest BCUT2D eigenvalue weighted by molar-refractivity contribution is -0.134. The number of hydrogen-bond acceptors (Lipinski definition) is 8. The molecule has 3 aromatic rings. The number of amides is 2. The lowest BCUT2D eigenvalue weighted by Crippen LogP contribution is -2.41. The maximum Gasteiger partial charge on any atom is 0.252 e. The summed E-state index contributed by atoms with van der Waals surface area (Å²) in [6.45, 7) is 3.40. The van der Waals surface area contributed by atoms with Crippen molar-refractivity contribution in [2.45, 2.75) is 18.2 Å². The van der Waals surface area contributed by atoms with Crippen molar-refractivity contribution in [3.05, 3.63) is 53.5 Å². The number of anilines is 2. The fraction of sp³-hybridized carbons (Fsp3) is 0.320. The third-order valence-electron chi connectivity index (χ3n) is 6.13. The van der Waals surface area contributed by atoms with Crippen LogP contribution in [0.2, 0.25) is 0 Å². The van der Waals surface area contributed by atoms with Crippen LogP contribution in [0.1, 0.15) is 22.3 Å². The first-order valence-electron chi connectivity index (χ1n) is 11.5. The van der Waals surface area contributed by atoms with Crippen LogP contribution >= 0.6 is 12.4 Å². The van der Waals surface area contributed by atoms with Gasteiger partial charge in [-0.25, -0.2) is 12.8 Å². The minimum atomic E-state index is -3.87. The molecular formula is C25H28ClFN4O6S. The standard InChI is InChI=1S/C25H27FN4O6S.ClH/c1-15-11-17(37(33,34)10-5-22(31)30-6-8-36-9-7-30)13-18-23(15)28-14-19(25(27)32)24(18)29-16-3-4-20(26)21(12-16)35-2;/h3-4,11-14H,5-10H2,1-2H3,(H2,27,32)(H,28,29);1H. The SMILES string of the molecule is COc1cc(Nc2c(C(N)=O)cnc3c(C)cc(S(=O)(=O)CCC(=O)N4CCOCC4)cc23)ccc1F.Cl. The van der Waals surface area contributed by atoms with Crippen molar-refractivity contribution in [1.82, 2.24) is 9.88 Å². The molecule has 2 amide bonds. The number of methoxy groups -OCH3 is 1. The maximum absolute atomic E-state index is 13.9. The van der Waals surface area contributed by atoms with Gasteiger partial charge in [0, 0.05) is 42.8 Å². The summed E-state index contributed by atoms with van der Waals surface area (Å²) in [5.41, 5.74) is 7.20. The zero-order valence-electron chi connectivity index (χ0n) is 20.8. The number of ether oxygens (including phenoxy) is 2. The van der Waals surface area contributed by atoms with Gasteiger partial charge in [-0.15, -0.1) is 12.4 Å². The molecule has 1 saturated heterocycles. The minimum absolute atomic E-state index is 0. The highest BCUT2D eigenvalue weighted by Crippen LogP contribution is 2.34. The van der Waals surface area contributed by atoms with Crippen molar-refractivity contribution < 1.29 is 31.9 Å². The normalized spacial score (nSPS) is 13.6. The average molecular weight is 567 g/mol. The number of carbonyl (C=O) groups excluding carboxylic acids is 2. The second-order valence-corrected chi connectivity index (χ2v) is 10.7. The Balaban J connectivity index is 0.00000400. The number of pyridine rings is 1. The van der Waals surface area contributed by atoms with Gasteiger partial charge in [-0.3, -0.25) is 14.6 Å². The number of rotatable bonds is 8. The number of sulfone groups is 1. The van der Waals surface area contributed by atoms with E-state index >= 15 is 0 Å². The quantitative estimate of drug-likeness (QED) is 0.424. The first-order valence-corrected chi connectivity index (χ1v) is 13.2. The van der Waals surface area contributed by atoms with Crippen molar-refractivity contribution >= 4 is 56.3 Å². The number of fused-ring (bicyclic) bond motifs is 1. The van der Waals surface area contributed by atoms with Crippen LogP contribution in [0.4, 0.5) is 15.8 Å². The van der Waals surface area contributed by atoms with E-state index in [2.05, 4.69) is 10.3 Å². The second-order valence-electron chi connectivity index (χ2n) is 8.58. The number of morpholine rings is 1. The maximum atomic E-state index is 13.9. The van der Waals surface area contributed by atoms with Crippen molar-refractivity contribution in [2.24, 2.45) is 5.73 Å². The van der Waals surface area contributed by atoms with Crippen LogP contribution in [0.15, 0.2) is 41.4 Å². The molecule has 38 heavy (non-hydrogen) atoms. The predicted molar refractivity (Wildman–Crippen MR) is 143 cm³/mol. The van der Waals surface area contributed by atoms with E-state index in [-0.39, 0.29) is 52.4 Å². The summed E-state index contributed by atoms with van der Waals surface area (Å²) in [5.74, 6) is -2.01. The second kappa shape index (κ2) is 11.9. The Morgan fingerprint density at radius 1 is 1.21 bits per heavy atom. The molecule has 0 unspecified atom stereocenters. The molecule has 1 aromatic heterocycles. The first-order chi connectivity index (χ1) is 17.6. The van der Waals surface area contributed by atoms with Crippen LogP contribution in [0.3, 0.4) is 0 Å². The molecule has 2 aromatic carbocycles. The molecule has 1 aliphatic rings. The van der Waals surface area contributed by atoms with Crippen LogP contribution in [-0.4, -0.2) is 69.3 Å². The van der Waals surface area contributed by atoms with Gasteiger partial charge in [0.2, 0.25) is 5.91 Å². The van der Waals surface area contributed by atoms with Crippen molar-refractivity contribution in [2.75, 3.05) is 44.5 Å². The number of aromatic nitrogens is 1. The summed E-state index contributed by atoms with van der Waals surface area (Å²) in [7, 11) is -2.54. The molecule has 13 heteroatoms. The summed E-state index contributed by atoms with van der Waals surface area (Å²) in [6, 6.07) is 6.93. The number of benzene rings is 2. The van der Waals surface area contributed by atoms with E-state index in [1.807, 2.05) is 0 Å². The van der Waals surface area contributed by atoms with Gasteiger partial charge in [0.05, 0.1) is 47.7 Å².